The molecule has 0 aliphatic heterocycles. The van der Waals surface area contributed by atoms with E-state index in [1.807, 2.05) is 72.6 Å². The van der Waals surface area contributed by atoms with Gasteiger partial charge in [0.05, 0.1) is 0 Å². The summed E-state index contributed by atoms with van der Waals surface area (Å²) in [6.07, 6.45) is 0. The number of aromatic nitrogens is 2. The normalized spacial score (nSPS) is 10.4. The van der Waals surface area contributed by atoms with Crippen molar-refractivity contribution in [2.24, 2.45) is 0 Å². The first-order valence-electron chi connectivity index (χ1n) is 8.04. The minimum atomic E-state index is -0.167. The van der Waals surface area contributed by atoms with Crippen LogP contribution < -0.4 is 9.80 Å². The average Bonchev–Trinajstić information content (AvgIpc) is 2.67. The summed E-state index contributed by atoms with van der Waals surface area (Å²) in [6, 6.07) is 21.1. The van der Waals surface area contributed by atoms with E-state index in [1.54, 1.807) is 24.9 Å². The van der Waals surface area contributed by atoms with E-state index >= 15 is 0 Å². The molecule has 0 bridgehead atoms. The molecule has 1 amide bonds. The Kier molecular flexibility index (Phi) is 4.75. The molecule has 1 heterocycles. The molecule has 3 aromatic rings. The van der Waals surface area contributed by atoms with E-state index in [1.165, 1.54) is 0 Å². The van der Waals surface area contributed by atoms with Crippen LogP contribution in [-0.4, -0.2) is 30.0 Å². The average molecular weight is 332 g/mol. The lowest BCUT2D eigenvalue weighted by atomic mass is 10.2. The highest BCUT2D eigenvalue weighted by Crippen LogP contribution is 2.23. The zero-order valence-electron chi connectivity index (χ0n) is 14.5. The molecule has 0 aliphatic carbocycles. The van der Waals surface area contributed by atoms with E-state index in [0.29, 0.717) is 17.3 Å². The van der Waals surface area contributed by atoms with Crippen LogP contribution in [0.15, 0.2) is 66.7 Å². The number of anilines is 3. The fourth-order valence-corrected chi connectivity index (χ4v) is 2.56. The molecule has 0 N–H and O–H groups in total. The van der Waals surface area contributed by atoms with E-state index in [4.69, 9.17) is 0 Å². The Balaban J connectivity index is 1.93. The van der Waals surface area contributed by atoms with Gasteiger partial charge >= 0.3 is 0 Å². The second-order valence-corrected chi connectivity index (χ2v) is 5.75. The topological polar surface area (TPSA) is 49.3 Å². The van der Waals surface area contributed by atoms with Crippen molar-refractivity contribution >= 4 is 23.1 Å². The number of hydrogen-bond donors (Lipinski definition) is 0. The number of hydrogen-bond acceptors (Lipinski definition) is 4. The molecule has 0 saturated heterocycles. The summed E-state index contributed by atoms with van der Waals surface area (Å²) in [4.78, 5) is 25.2. The fraction of sp³-hybridized carbons (Fsp3) is 0.150. The first kappa shape index (κ1) is 16.6. The number of rotatable bonds is 4. The fourth-order valence-electron chi connectivity index (χ4n) is 2.56. The molecule has 0 unspecified atom stereocenters. The number of benzene rings is 2. The summed E-state index contributed by atoms with van der Waals surface area (Å²) < 4.78 is 0. The van der Waals surface area contributed by atoms with Gasteiger partial charge in [-0.2, -0.15) is 0 Å². The Morgan fingerprint density at radius 1 is 0.840 bits per heavy atom. The summed E-state index contributed by atoms with van der Waals surface area (Å²) in [7, 11) is 3.67. The lowest BCUT2D eigenvalue weighted by Crippen LogP contribution is -2.28. The molecule has 0 radical (unpaired) electrons. The maximum atomic E-state index is 12.8. The molecule has 5 nitrogen and oxygen atoms in total. The third kappa shape index (κ3) is 3.66. The maximum Gasteiger partial charge on any atom is 0.276 e. The third-order valence-electron chi connectivity index (χ3n) is 3.98. The second-order valence-electron chi connectivity index (χ2n) is 5.75. The van der Waals surface area contributed by atoms with Crippen molar-refractivity contribution in [3.05, 3.63) is 78.2 Å². The molecule has 3 rings (SSSR count). The predicted octanol–water partition coefficient (Wildman–Crippen LogP) is 3.83. The van der Waals surface area contributed by atoms with Gasteiger partial charge in [0, 0.05) is 31.5 Å². The van der Waals surface area contributed by atoms with Crippen LogP contribution in [0, 0.1) is 6.92 Å². The van der Waals surface area contributed by atoms with Gasteiger partial charge in [-0.05, 0) is 31.2 Å². The Bertz CT molecular complexity index is 865. The number of carbonyl (C=O) groups excluding carboxylic acids is 1. The molecule has 2 aromatic carbocycles. The molecular formula is C20H20N4O. The van der Waals surface area contributed by atoms with E-state index in [0.717, 1.165) is 11.4 Å². The third-order valence-corrected chi connectivity index (χ3v) is 3.98. The quantitative estimate of drug-likeness (QED) is 0.728. The zero-order chi connectivity index (χ0) is 17.8. The molecule has 25 heavy (non-hydrogen) atoms. The molecule has 0 atom stereocenters. The van der Waals surface area contributed by atoms with Gasteiger partial charge in [-0.25, -0.2) is 9.97 Å². The molecule has 0 fully saturated rings. The van der Waals surface area contributed by atoms with Crippen LogP contribution in [0.2, 0.25) is 0 Å². The molecule has 5 heteroatoms. The van der Waals surface area contributed by atoms with Gasteiger partial charge in [-0.3, -0.25) is 4.79 Å². The number of carbonyl (C=O) groups is 1. The summed E-state index contributed by atoms with van der Waals surface area (Å²) in [6.45, 7) is 1.79. The minimum absolute atomic E-state index is 0.167. The van der Waals surface area contributed by atoms with Crippen molar-refractivity contribution in [3.63, 3.8) is 0 Å². The van der Waals surface area contributed by atoms with Gasteiger partial charge in [-0.15, -0.1) is 0 Å². The molecule has 1 aromatic heterocycles. The number of nitrogens with zero attached hydrogens (tertiary/aromatic N) is 4. The van der Waals surface area contributed by atoms with E-state index in [2.05, 4.69) is 9.97 Å². The van der Waals surface area contributed by atoms with Gasteiger partial charge in [0.15, 0.2) is 0 Å². The van der Waals surface area contributed by atoms with Crippen molar-refractivity contribution < 1.29 is 4.79 Å². The van der Waals surface area contributed by atoms with Crippen LogP contribution in [0.4, 0.5) is 17.2 Å². The van der Waals surface area contributed by atoms with Crippen LogP contribution >= 0.6 is 0 Å². The zero-order valence-corrected chi connectivity index (χ0v) is 14.5. The Hall–Kier alpha value is -3.21. The van der Waals surface area contributed by atoms with Gasteiger partial charge < -0.3 is 9.80 Å². The minimum Gasteiger partial charge on any atom is -0.329 e. The number of para-hydroxylation sites is 2. The summed E-state index contributed by atoms with van der Waals surface area (Å²) in [5.41, 5.74) is 2.19. The highest BCUT2D eigenvalue weighted by molar-refractivity contribution is 6.04. The van der Waals surface area contributed by atoms with Crippen molar-refractivity contribution in [1.29, 1.82) is 0 Å². The van der Waals surface area contributed by atoms with Crippen molar-refractivity contribution in [3.8, 4) is 0 Å². The van der Waals surface area contributed by atoms with E-state index < -0.39 is 0 Å². The van der Waals surface area contributed by atoms with Gasteiger partial charge in [0.2, 0.25) is 0 Å². The van der Waals surface area contributed by atoms with Crippen LogP contribution in [0.5, 0.6) is 0 Å². The number of aryl methyl sites for hydroxylation is 1. The molecule has 0 saturated carbocycles. The first-order chi connectivity index (χ1) is 12.1. The molecular weight excluding hydrogens is 312 g/mol. The Labute approximate surface area is 147 Å². The number of amides is 1. The van der Waals surface area contributed by atoms with Crippen LogP contribution in [0.3, 0.4) is 0 Å². The SMILES string of the molecule is Cc1nc(C(=O)N(C)c2ccccc2)cc(N(C)c2ccccc2)n1. The van der Waals surface area contributed by atoms with Gasteiger partial charge in [0.25, 0.3) is 5.91 Å². The van der Waals surface area contributed by atoms with Crippen molar-refractivity contribution in [2.45, 2.75) is 6.92 Å². The van der Waals surface area contributed by atoms with Crippen LogP contribution in [-0.2, 0) is 0 Å². The highest BCUT2D eigenvalue weighted by atomic mass is 16.2. The molecule has 0 aliphatic rings. The second kappa shape index (κ2) is 7.13. The summed E-state index contributed by atoms with van der Waals surface area (Å²) in [5.74, 6) is 1.08. The molecule has 126 valence electrons. The molecule has 0 spiro atoms. The largest absolute Gasteiger partial charge is 0.329 e. The summed E-state index contributed by atoms with van der Waals surface area (Å²) in [5, 5.41) is 0. The van der Waals surface area contributed by atoms with Gasteiger partial charge in [-0.1, -0.05) is 36.4 Å². The Morgan fingerprint density at radius 2 is 1.40 bits per heavy atom. The van der Waals surface area contributed by atoms with Crippen molar-refractivity contribution in [2.75, 3.05) is 23.9 Å². The first-order valence-corrected chi connectivity index (χ1v) is 8.04. The van der Waals surface area contributed by atoms with E-state index in [9.17, 15) is 4.79 Å². The maximum absolute atomic E-state index is 12.8. The smallest absolute Gasteiger partial charge is 0.276 e. The van der Waals surface area contributed by atoms with Crippen molar-refractivity contribution in [1.82, 2.24) is 9.97 Å². The standard InChI is InChI=1S/C20H20N4O/c1-15-21-18(20(25)24(3)17-12-8-5-9-13-17)14-19(22-15)23(2)16-10-6-4-7-11-16/h4-14H,1-3H3. The van der Waals surface area contributed by atoms with Gasteiger partial charge in [0.1, 0.15) is 17.3 Å². The lowest BCUT2D eigenvalue weighted by molar-refractivity contribution is 0.0988. The van der Waals surface area contributed by atoms with E-state index in [-0.39, 0.29) is 5.91 Å². The van der Waals surface area contributed by atoms with Crippen LogP contribution in [0.1, 0.15) is 16.3 Å². The predicted molar refractivity (Wildman–Crippen MR) is 100 cm³/mol. The monoisotopic (exact) mass is 332 g/mol. The highest BCUT2D eigenvalue weighted by Gasteiger charge is 2.18. The Morgan fingerprint density at radius 3 is 2.00 bits per heavy atom. The lowest BCUT2D eigenvalue weighted by Gasteiger charge is -2.21. The summed E-state index contributed by atoms with van der Waals surface area (Å²) >= 11 is 0. The van der Waals surface area contributed by atoms with Crippen LogP contribution in [0.25, 0.3) is 0 Å².